The Morgan fingerprint density at radius 1 is 1.38 bits per heavy atom. The summed E-state index contributed by atoms with van der Waals surface area (Å²) < 4.78 is 6.24. The van der Waals surface area contributed by atoms with Crippen LogP contribution in [0.1, 0.15) is 11.6 Å². The van der Waals surface area contributed by atoms with Gasteiger partial charge in [0.25, 0.3) is 0 Å². The summed E-state index contributed by atoms with van der Waals surface area (Å²) in [6.07, 6.45) is 3.39. The highest BCUT2D eigenvalue weighted by atomic mass is 16.6. The van der Waals surface area contributed by atoms with Gasteiger partial charge in [0, 0.05) is 11.9 Å². The summed E-state index contributed by atoms with van der Waals surface area (Å²) in [5.41, 5.74) is 1.26. The Balaban J connectivity index is 2.30. The van der Waals surface area contributed by atoms with Crippen LogP contribution in [-0.2, 0) is 14.3 Å². The van der Waals surface area contributed by atoms with Crippen LogP contribution in [0.5, 0.6) is 0 Å². The fourth-order valence-corrected chi connectivity index (χ4v) is 1.75. The molecule has 3 rings (SSSR count). The second-order valence-electron chi connectivity index (χ2n) is 3.04. The predicted molar refractivity (Wildman–Crippen MR) is 42.5 cm³/mol. The molecule has 2 aliphatic heterocycles. The lowest BCUT2D eigenvalue weighted by atomic mass is 10.1. The fraction of sp³-hybridized carbons (Fsp3) is 0.111. The van der Waals surface area contributed by atoms with Gasteiger partial charge in [0.05, 0.1) is 0 Å². The van der Waals surface area contributed by atoms with Gasteiger partial charge in [0.2, 0.25) is 0 Å². The molecule has 0 aromatic carbocycles. The lowest BCUT2D eigenvalue weighted by molar-refractivity contribution is -0.156. The van der Waals surface area contributed by atoms with Crippen LogP contribution in [0, 0.1) is 0 Å². The molecule has 1 unspecified atom stereocenters. The largest absolute Gasteiger partial charge is 0.388 e. The van der Waals surface area contributed by atoms with E-state index in [1.165, 1.54) is 0 Å². The van der Waals surface area contributed by atoms with Crippen molar-refractivity contribution in [2.24, 2.45) is 0 Å². The number of carbonyl (C=O) groups excluding carboxylic acids is 2. The monoisotopic (exact) mass is 175 g/mol. The van der Waals surface area contributed by atoms with Crippen molar-refractivity contribution in [2.45, 2.75) is 5.92 Å². The Morgan fingerprint density at radius 3 is 3.08 bits per heavy atom. The van der Waals surface area contributed by atoms with Gasteiger partial charge >= 0.3 is 11.9 Å². The number of hydrogen-bond acceptors (Lipinski definition) is 3. The number of cyclic esters (lactones) is 2. The summed E-state index contributed by atoms with van der Waals surface area (Å²) in [5.74, 6) is -1.43. The zero-order valence-corrected chi connectivity index (χ0v) is 6.56. The van der Waals surface area contributed by atoms with E-state index in [1.807, 2.05) is 6.07 Å². The van der Waals surface area contributed by atoms with Crippen LogP contribution in [0.3, 0.4) is 0 Å². The second-order valence-corrected chi connectivity index (χ2v) is 3.04. The van der Waals surface area contributed by atoms with Crippen molar-refractivity contribution < 1.29 is 14.3 Å². The van der Waals surface area contributed by atoms with E-state index in [0.29, 0.717) is 5.70 Å². The standard InChI is InChI=1S/C9H5NO3/c11-8-5-4-7(9(12)13-8)10-3-1-2-6(5)10/h1-5H. The summed E-state index contributed by atoms with van der Waals surface area (Å²) in [6, 6.07) is 3.62. The van der Waals surface area contributed by atoms with Crippen LogP contribution in [0.25, 0.3) is 5.70 Å². The molecule has 0 saturated heterocycles. The minimum absolute atomic E-state index is 0.386. The minimum atomic E-state index is -0.559. The van der Waals surface area contributed by atoms with E-state index in [-0.39, 0.29) is 5.92 Å². The average molecular weight is 175 g/mol. The van der Waals surface area contributed by atoms with Crippen molar-refractivity contribution >= 4 is 17.6 Å². The van der Waals surface area contributed by atoms with Crippen LogP contribution in [0.2, 0.25) is 0 Å². The van der Waals surface area contributed by atoms with Gasteiger partial charge in [-0.2, -0.15) is 0 Å². The molecule has 2 bridgehead atoms. The number of rotatable bonds is 0. The smallest absolute Gasteiger partial charge is 0.362 e. The Labute approximate surface area is 73.4 Å². The van der Waals surface area contributed by atoms with Crippen LogP contribution >= 0.6 is 0 Å². The third-order valence-electron chi connectivity index (χ3n) is 2.34. The molecule has 0 amide bonds. The first kappa shape index (κ1) is 6.65. The highest BCUT2D eigenvalue weighted by Gasteiger charge is 2.39. The molecule has 0 fully saturated rings. The second kappa shape index (κ2) is 1.90. The van der Waals surface area contributed by atoms with E-state index in [1.54, 1.807) is 22.9 Å². The molecule has 0 radical (unpaired) electrons. The lowest BCUT2D eigenvalue weighted by Crippen LogP contribution is -2.20. The van der Waals surface area contributed by atoms with Crippen molar-refractivity contribution in [3.8, 4) is 0 Å². The Hall–Kier alpha value is -1.84. The molecule has 1 atom stereocenters. The molecule has 64 valence electrons. The SMILES string of the molecule is O=C1OC(=O)C2C=C1n1cccc12. The molecule has 0 spiro atoms. The highest BCUT2D eigenvalue weighted by molar-refractivity contribution is 6.19. The minimum Gasteiger partial charge on any atom is -0.388 e. The Morgan fingerprint density at radius 2 is 2.23 bits per heavy atom. The van der Waals surface area contributed by atoms with Crippen LogP contribution in [-0.4, -0.2) is 16.5 Å². The molecular formula is C9H5NO3. The first-order chi connectivity index (χ1) is 6.27. The zero-order chi connectivity index (χ0) is 9.00. The molecule has 4 nitrogen and oxygen atoms in total. The molecule has 1 aromatic heterocycles. The third kappa shape index (κ3) is 0.654. The number of aromatic nitrogens is 1. The molecule has 13 heavy (non-hydrogen) atoms. The molecular weight excluding hydrogens is 170 g/mol. The van der Waals surface area contributed by atoms with Gasteiger partial charge in [-0.25, -0.2) is 4.79 Å². The van der Waals surface area contributed by atoms with Crippen LogP contribution in [0.4, 0.5) is 0 Å². The van der Waals surface area contributed by atoms with E-state index in [2.05, 4.69) is 4.74 Å². The predicted octanol–water partition coefficient (Wildman–Crippen LogP) is 0.510. The van der Waals surface area contributed by atoms with Gasteiger partial charge in [-0.05, 0) is 18.2 Å². The average Bonchev–Trinajstić information content (AvgIpc) is 2.58. The van der Waals surface area contributed by atoms with Crippen molar-refractivity contribution in [1.82, 2.24) is 4.57 Å². The van der Waals surface area contributed by atoms with E-state index < -0.39 is 11.9 Å². The maximum Gasteiger partial charge on any atom is 0.362 e. The summed E-state index contributed by atoms with van der Waals surface area (Å²) >= 11 is 0. The molecule has 4 heteroatoms. The summed E-state index contributed by atoms with van der Waals surface area (Å²) in [6.45, 7) is 0. The van der Waals surface area contributed by atoms with E-state index in [0.717, 1.165) is 5.69 Å². The summed E-state index contributed by atoms with van der Waals surface area (Å²) in [4.78, 5) is 22.4. The Bertz CT molecular complexity index is 455. The van der Waals surface area contributed by atoms with Gasteiger partial charge < -0.3 is 9.30 Å². The van der Waals surface area contributed by atoms with Gasteiger partial charge in [0.15, 0.2) is 0 Å². The topological polar surface area (TPSA) is 48.3 Å². The van der Waals surface area contributed by atoms with Gasteiger partial charge in [0.1, 0.15) is 11.6 Å². The van der Waals surface area contributed by atoms with Crippen molar-refractivity contribution in [1.29, 1.82) is 0 Å². The van der Waals surface area contributed by atoms with Gasteiger partial charge in [-0.1, -0.05) is 0 Å². The zero-order valence-electron chi connectivity index (χ0n) is 6.56. The summed E-state index contributed by atoms with van der Waals surface area (Å²) in [5, 5.41) is 0. The first-order valence-corrected chi connectivity index (χ1v) is 3.93. The number of esters is 2. The number of fused-ring (bicyclic) bond motifs is 4. The van der Waals surface area contributed by atoms with Gasteiger partial charge in [-0.3, -0.25) is 4.79 Å². The maximum atomic E-state index is 11.2. The molecule has 0 N–H and O–H groups in total. The van der Waals surface area contributed by atoms with E-state index in [9.17, 15) is 9.59 Å². The van der Waals surface area contributed by atoms with Crippen LogP contribution in [0.15, 0.2) is 24.4 Å². The van der Waals surface area contributed by atoms with Gasteiger partial charge in [-0.15, -0.1) is 0 Å². The quantitative estimate of drug-likeness (QED) is 0.426. The molecule has 3 heterocycles. The fourth-order valence-electron chi connectivity index (χ4n) is 1.75. The van der Waals surface area contributed by atoms with Crippen molar-refractivity contribution in [3.63, 3.8) is 0 Å². The number of nitrogens with zero attached hydrogens (tertiary/aromatic N) is 1. The molecule has 0 saturated carbocycles. The first-order valence-electron chi connectivity index (χ1n) is 3.93. The van der Waals surface area contributed by atoms with Crippen molar-refractivity contribution in [2.75, 3.05) is 0 Å². The lowest BCUT2D eigenvalue weighted by Gasteiger charge is -2.08. The number of carbonyl (C=O) groups is 2. The number of hydrogen-bond donors (Lipinski definition) is 0. The Kier molecular flexibility index (Phi) is 0.974. The highest BCUT2D eigenvalue weighted by Crippen LogP contribution is 2.35. The van der Waals surface area contributed by atoms with Crippen LogP contribution < -0.4 is 0 Å². The van der Waals surface area contributed by atoms with Crippen molar-refractivity contribution in [3.05, 3.63) is 30.1 Å². The molecule has 1 aromatic rings. The van der Waals surface area contributed by atoms with E-state index >= 15 is 0 Å². The molecule has 2 aliphatic rings. The third-order valence-corrected chi connectivity index (χ3v) is 2.34. The summed E-state index contributed by atoms with van der Waals surface area (Å²) in [7, 11) is 0. The number of ether oxygens (including phenoxy) is 1. The van der Waals surface area contributed by atoms with E-state index in [4.69, 9.17) is 0 Å². The normalized spacial score (nSPS) is 24.0. The molecule has 0 aliphatic carbocycles. The maximum absolute atomic E-state index is 11.2.